The van der Waals surface area contributed by atoms with Gasteiger partial charge in [0.2, 0.25) is 0 Å². The molecule has 0 amide bonds. The first-order chi connectivity index (χ1) is 14.3. The second kappa shape index (κ2) is 13.7. The molecule has 2 atom stereocenters. The first-order valence-corrected chi connectivity index (χ1v) is 10.8. The summed E-state index contributed by atoms with van der Waals surface area (Å²) in [6, 6.07) is 20.5. The average Bonchev–Trinajstić information content (AvgIpc) is 2.78. The van der Waals surface area contributed by atoms with Crippen LogP contribution >= 0.6 is 0 Å². The Morgan fingerprint density at radius 1 is 0.966 bits per heavy atom. The predicted octanol–water partition coefficient (Wildman–Crippen LogP) is 6.22. The highest BCUT2D eigenvalue weighted by atomic mass is 16.5. The number of carbonyl (C=O) groups is 1. The van der Waals surface area contributed by atoms with Gasteiger partial charge in [0.15, 0.2) is 0 Å². The monoisotopic (exact) mass is 393 g/mol. The van der Waals surface area contributed by atoms with Crippen molar-refractivity contribution in [2.24, 2.45) is 5.92 Å². The second-order valence-corrected chi connectivity index (χ2v) is 7.52. The summed E-state index contributed by atoms with van der Waals surface area (Å²) in [5.74, 6) is -0.328. The van der Waals surface area contributed by atoms with E-state index in [-0.39, 0.29) is 17.9 Å². The number of methoxy groups -OCH3 is 1. The van der Waals surface area contributed by atoms with Crippen LogP contribution in [-0.4, -0.2) is 13.1 Å². The van der Waals surface area contributed by atoms with Gasteiger partial charge in [0, 0.05) is 12.6 Å². The number of benzene rings is 2. The van der Waals surface area contributed by atoms with Crippen molar-refractivity contribution in [1.29, 1.82) is 0 Å². The predicted molar refractivity (Wildman–Crippen MR) is 120 cm³/mol. The van der Waals surface area contributed by atoms with Gasteiger partial charge in [0.25, 0.3) is 0 Å². The molecule has 2 aromatic carbocycles. The molecule has 0 radical (unpaired) electrons. The van der Waals surface area contributed by atoms with Gasteiger partial charge in [0.1, 0.15) is 0 Å². The molecule has 0 aliphatic rings. The van der Waals surface area contributed by atoms with Crippen molar-refractivity contribution in [2.75, 3.05) is 7.11 Å². The van der Waals surface area contributed by atoms with Gasteiger partial charge in [0.05, 0.1) is 13.0 Å². The van der Waals surface area contributed by atoms with Crippen molar-refractivity contribution in [3.05, 3.63) is 84.4 Å². The summed E-state index contributed by atoms with van der Waals surface area (Å²) >= 11 is 0. The van der Waals surface area contributed by atoms with E-state index in [2.05, 4.69) is 36.2 Å². The molecular formula is C26H35NO2. The normalized spacial score (nSPS) is 12.9. The Balaban J connectivity index is 2.03. The largest absolute Gasteiger partial charge is 0.469 e. The molecule has 3 heteroatoms. The summed E-state index contributed by atoms with van der Waals surface area (Å²) in [7, 11) is 1.49. The molecule has 0 saturated heterocycles. The minimum Gasteiger partial charge on any atom is -0.469 e. The van der Waals surface area contributed by atoms with Crippen molar-refractivity contribution >= 4 is 5.97 Å². The lowest BCUT2D eigenvalue weighted by atomic mass is 9.88. The van der Waals surface area contributed by atoms with E-state index in [9.17, 15) is 4.79 Å². The Morgan fingerprint density at radius 3 is 2.24 bits per heavy atom. The molecule has 0 bridgehead atoms. The van der Waals surface area contributed by atoms with Crippen LogP contribution in [0.2, 0.25) is 0 Å². The van der Waals surface area contributed by atoms with Gasteiger partial charge in [-0.1, -0.05) is 92.4 Å². The number of esters is 1. The van der Waals surface area contributed by atoms with Crippen molar-refractivity contribution in [1.82, 2.24) is 5.32 Å². The fourth-order valence-corrected chi connectivity index (χ4v) is 3.73. The van der Waals surface area contributed by atoms with Gasteiger partial charge in [-0.3, -0.25) is 4.79 Å². The highest BCUT2D eigenvalue weighted by Gasteiger charge is 2.29. The molecule has 0 saturated carbocycles. The van der Waals surface area contributed by atoms with Crippen LogP contribution in [-0.2, 0) is 16.1 Å². The van der Waals surface area contributed by atoms with Crippen LogP contribution in [0.4, 0.5) is 0 Å². The minimum absolute atomic E-state index is 0.0652. The maximum absolute atomic E-state index is 12.7. The van der Waals surface area contributed by atoms with Gasteiger partial charge >= 0.3 is 5.97 Å². The molecule has 2 rings (SSSR count). The third-order valence-corrected chi connectivity index (χ3v) is 5.36. The highest BCUT2D eigenvalue weighted by molar-refractivity contribution is 5.73. The molecule has 0 spiro atoms. The van der Waals surface area contributed by atoms with Crippen LogP contribution in [0, 0.1) is 5.92 Å². The van der Waals surface area contributed by atoms with E-state index in [0.29, 0.717) is 0 Å². The Morgan fingerprint density at radius 2 is 1.59 bits per heavy atom. The van der Waals surface area contributed by atoms with Crippen LogP contribution in [0.15, 0.2) is 73.3 Å². The lowest BCUT2D eigenvalue weighted by Gasteiger charge is -2.27. The van der Waals surface area contributed by atoms with E-state index in [0.717, 1.165) is 37.8 Å². The maximum atomic E-state index is 12.7. The van der Waals surface area contributed by atoms with Gasteiger partial charge in [-0.25, -0.2) is 0 Å². The van der Waals surface area contributed by atoms with Crippen LogP contribution in [0.5, 0.6) is 0 Å². The maximum Gasteiger partial charge on any atom is 0.310 e. The topological polar surface area (TPSA) is 38.3 Å². The van der Waals surface area contributed by atoms with Crippen LogP contribution in [0.3, 0.4) is 0 Å². The number of allylic oxidation sites excluding steroid dienone is 1. The molecule has 0 aliphatic heterocycles. The Hall–Kier alpha value is -2.39. The zero-order valence-electron chi connectivity index (χ0n) is 17.7. The van der Waals surface area contributed by atoms with E-state index in [1.807, 2.05) is 42.5 Å². The summed E-state index contributed by atoms with van der Waals surface area (Å²) in [5, 5.41) is 3.62. The lowest BCUT2D eigenvalue weighted by Crippen LogP contribution is -2.33. The molecule has 0 unspecified atom stereocenters. The number of carbonyl (C=O) groups excluding carboxylic acids is 1. The number of ether oxygens (including phenoxy) is 1. The van der Waals surface area contributed by atoms with Crippen LogP contribution in [0.1, 0.15) is 62.1 Å². The summed E-state index contributed by atoms with van der Waals surface area (Å²) < 4.78 is 5.19. The number of unbranched alkanes of at least 4 members (excludes halogenated alkanes) is 5. The summed E-state index contributed by atoms with van der Waals surface area (Å²) in [5.41, 5.74) is 2.34. The van der Waals surface area contributed by atoms with Gasteiger partial charge in [-0.2, -0.15) is 0 Å². The van der Waals surface area contributed by atoms with E-state index in [1.54, 1.807) is 0 Å². The molecule has 0 aromatic heterocycles. The van der Waals surface area contributed by atoms with Crippen LogP contribution in [0.25, 0.3) is 0 Å². The standard InChI is InChI=1S/C26H35NO2/c1-3-4-5-6-7-8-15-20-24(26(28)29-2)25(23-18-13-10-14-19-23)27-21-22-16-11-9-12-17-22/h3,9-14,16-19,24-25,27H,1,4-8,15,20-21H2,2H3/t24-,25+/m0/s1. The van der Waals surface area contributed by atoms with E-state index < -0.39 is 0 Å². The zero-order chi connectivity index (χ0) is 20.7. The summed E-state index contributed by atoms with van der Waals surface area (Å²) in [6.45, 7) is 4.49. The smallest absolute Gasteiger partial charge is 0.310 e. The summed E-state index contributed by atoms with van der Waals surface area (Å²) in [6.07, 6.45) is 9.71. The van der Waals surface area contributed by atoms with E-state index >= 15 is 0 Å². The van der Waals surface area contributed by atoms with Crippen molar-refractivity contribution in [2.45, 2.75) is 57.5 Å². The highest BCUT2D eigenvalue weighted by Crippen LogP contribution is 2.28. The van der Waals surface area contributed by atoms with E-state index in [4.69, 9.17) is 4.74 Å². The van der Waals surface area contributed by atoms with Crippen molar-refractivity contribution < 1.29 is 9.53 Å². The average molecular weight is 394 g/mol. The fraction of sp³-hybridized carbons (Fsp3) is 0.423. The first kappa shape index (κ1) is 22.9. The third-order valence-electron chi connectivity index (χ3n) is 5.36. The van der Waals surface area contributed by atoms with Gasteiger partial charge in [-0.05, 0) is 30.4 Å². The SMILES string of the molecule is C=CCCCCCCC[C@H](C(=O)OC)[C@H](NCc1ccccc1)c1ccccc1. The molecule has 1 N–H and O–H groups in total. The lowest BCUT2D eigenvalue weighted by molar-refractivity contribution is -0.147. The summed E-state index contributed by atoms with van der Waals surface area (Å²) in [4.78, 5) is 12.7. The molecule has 2 aromatic rings. The quantitative estimate of drug-likeness (QED) is 0.235. The minimum atomic E-state index is -0.195. The molecular weight excluding hydrogens is 358 g/mol. The second-order valence-electron chi connectivity index (χ2n) is 7.52. The number of hydrogen-bond donors (Lipinski definition) is 1. The van der Waals surface area contributed by atoms with E-state index in [1.165, 1.54) is 31.9 Å². The molecule has 0 aliphatic carbocycles. The Bertz CT molecular complexity index is 699. The Kier molecular flexibility index (Phi) is 10.8. The molecule has 29 heavy (non-hydrogen) atoms. The molecule has 0 heterocycles. The molecule has 0 fully saturated rings. The Labute approximate surface area is 176 Å². The van der Waals surface area contributed by atoms with Gasteiger partial charge in [-0.15, -0.1) is 6.58 Å². The zero-order valence-corrected chi connectivity index (χ0v) is 17.7. The van der Waals surface area contributed by atoms with Crippen molar-refractivity contribution in [3.63, 3.8) is 0 Å². The number of hydrogen-bond acceptors (Lipinski definition) is 3. The molecule has 156 valence electrons. The first-order valence-electron chi connectivity index (χ1n) is 10.8. The number of rotatable bonds is 14. The third kappa shape index (κ3) is 8.25. The van der Waals surface area contributed by atoms with Crippen molar-refractivity contribution in [3.8, 4) is 0 Å². The molecule has 3 nitrogen and oxygen atoms in total. The number of nitrogens with one attached hydrogen (secondary N) is 1. The van der Waals surface area contributed by atoms with Gasteiger partial charge < -0.3 is 10.1 Å². The van der Waals surface area contributed by atoms with Crippen LogP contribution < -0.4 is 5.32 Å². The fourth-order valence-electron chi connectivity index (χ4n) is 3.73.